The van der Waals surface area contributed by atoms with Gasteiger partial charge < -0.3 is 5.11 Å². The first-order valence-electron chi connectivity index (χ1n) is 5.12. The molecule has 2 aromatic rings. The first kappa shape index (κ1) is 13.5. The predicted molar refractivity (Wildman–Crippen MR) is 70.5 cm³/mol. The second-order valence-corrected chi connectivity index (χ2v) is 5.54. The fraction of sp³-hybridized carbons (Fsp3) is 0.0769. The summed E-state index contributed by atoms with van der Waals surface area (Å²) in [5, 5.41) is 8.99. The fourth-order valence-electron chi connectivity index (χ4n) is 1.40. The normalized spacial score (nSPS) is 10.7. The van der Waals surface area contributed by atoms with E-state index in [2.05, 4.69) is 15.9 Å². The highest BCUT2D eigenvalue weighted by molar-refractivity contribution is 9.10. The molecule has 0 fully saturated rings. The Hall–Kier alpha value is -0.910. The summed E-state index contributed by atoms with van der Waals surface area (Å²) < 4.78 is 27.3. The van der Waals surface area contributed by atoms with Crippen molar-refractivity contribution in [3.63, 3.8) is 0 Å². The van der Waals surface area contributed by atoms with Crippen molar-refractivity contribution in [3.05, 3.63) is 58.1 Å². The smallest absolute Gasteiger partial charge is 0.137 e. The molecule has 94 valence electrons. The zero-order valence-electron chi connectivity index (χ0n) is 9.16. The summed E-state index contributed by atoms with van der Waals surface area (Å²) in [5.74, 6) is -0.929. The maximum Gasteiger partial charge on any atom is 0.137 e. The van der Waals surface area contributed by atoms with E-state index in [9.17, 15) is 8.78 Å². The summed E-state index contributed by atoms with van der Waals surface area (Å²) in [4.78, 5) is 0.990. The van der Waals surface area contributed by atoms with Gasteiger partial charge in [-0.2, -0.15) is 0 Å². The Morgan fingerprint density at radius 1 is 1.06 bits per heavy atom. The van der Waals surface area contributed by atoms with E-state index in [4.69, 9.17) is 5.11 Å². The summed E-state index contributed by atoms with van der Waals surface area (Å²) >= 11 is 4.47. The van der Waals surface area contributed by atoms with Gasteiger partial charge in [0.25, 0.3) is 0 Å². The highest BCUT2D eigenvalue weighted by Gasteiger charge is 2.08. The maximum absolute atomic E-state index is 13.5. The molecule has 2 aromatic carbocycles. The summed E-state index contributed by atoms with van der Waals surface area (Å²) in [6.07, 6.45) is 0. The van der Waals surface area contributed by atoms with Gasteiger partial charge in [-0.3, -0.25) is 0 Å². The minimum absolute atomic E-state index is 0.0577. The van der Waals surface area contributed by atoms with Crippen LogP contribution in [0.3, 0.4) is 0 Å². The maximum atomic E-state index is 13.5. The van der Waals surface area contributed by atoms with Crippen molar-refractivity contribution < 1.29 is 13.9 Å². The molecule has 0 spiro atoms. The SMILES string of the molecule is OCc1ccc(Sc2cc(F)ccc2F)c(Br)c1. The molecular formula is C13H9BrF2OS. The Labute approximate surface area is 116 Å². The first-order valence-corrected chi connectivity index (χ1v) is 6.73. The van der Waals surface area contributed by atoms with Crippen LogP contribution in [0.15, 0.2) is 50.7 Å². The average Bonchev–Trinajstić information content (AvgIpc) is 2.36. The molecule has 0 atom stereocenters. The number of hydrogen-bond acceptors (Lipinski definition) is 2. The first-order chi connectivity index (χ1) is 8.60. The molecule has 5 heteroatoms. The number of benzene rings is 2. The quantitative estimate of drug-likeness (QED) is 0.901. The van der Waals surface area contributed by atoms with Crippen molar-refractivity contribution in [2.24, 2.45) is 0 Å². The highest BCUT2D eigenvalue weighted by atomic mass is 79.9. The number of aliphatic hydroxyl groups excluding tert-OH is 1. The van der Waals surface area contributed by atoms with E-state index in [0.717, 1.165) is 44.9 Å². The van der Waals surface area contributed by atoms with Gasteiger partial charge in [0.2, 0.25) is 0 Å². The zero-order chi connectivity index (χ0) is 13.1. The van der Waals surface area contributed by atoms with Crippen molar-refractivity contribution >= 4 is 27.7 Å². The molecule has 0 saturated heterocycles. The lowest BCUT2D eigenvalue weighted by atomic mass is 10.2. The Kier molecular flexibility index (Phi) is 4.37. The van der Waals surface area contributed by atoms with Crippen LogP contribution in [0.1, 0.15) is 5.56 Å². The Morgan fingerprint density at radius 3 is 2.50 bits per heavy atom. The van der Waals surface area contributed by atoms with Crippen molar-refractivity contribution in [3.8, 4) is 0 Å². The Morgan fingerprint density at radius 2 is 1.83 bits per heavy atom. The zero-order valence-corrected chi connectivity index (χ0v) is 11.6. The Bertz CT molecular complexity index is 575. The van der Waals surface area contributed by atoms with Crippen LogP contribution in [0, 0.1) is 11.6 Å². The van der Waals surface area contributed by atoms with Crippen LogP contribution in [-0.2, 0) is 6.61 Å². The predicted octanol–water partition coefficient (Wildman–Crippen LogP) is 4.37. The van der Waals surface area contributed by atoms with Gasteiger partial charge in [-0.05, 0) is 51.8 Å². The van der Waals surface area contributed by atoms with E-state index in [1.807, 2.05) is 0 Å². The van der Waals surface area contributed by atoms with Crippen LogP contribution in [-0.4, -0.2) is 5.11 Å². The standard InChI is InChI=1S/C13H9BrF2OS/c14-10-5-8(7-17)1-4-12(10)18-13-6-9(15)2-3-11(13)16/h1-6,17H,7H2. The molecule has 0 radical (unpaired) electrons. The summed E-state index contributed by atoms with van der Waals surface area (Å²) in [7, 11) is 0. The molecule has 0 amide bonds. The lowest BCUT2D eigenvalue weighted by Crippen LogP contribution is -1.86. The molecule has 18 heavy (non-hydrogen) atoms. The monoisotopic (exact) mass is 330 g/mol. The summed E-state index contributed by atoms with van der Waals surface area (Å²) in [6, 6.07) is 8.60. The number of aliphatic hydroxyl groups is 1. The third kappa shape index (κ3) is 3.10. The lowest BCUT2D eigenvalue weighted by molar-refractivity contribution is 0.281. The van der Waals surface area contributed by atoms with Crippen LogP contribution >= 0.6 is 27.7 Å². The van der Waals surface area contributed by atoms with Crippen molar-refractivity contribution in [1.82, 2.24) is 0 Å². The van der Waals surface area contributed by atoms with Gasteiger partial charge in [-0.15, -0.1) is 0 Å². The molecule has 0 aliphatic carbocycles. The van der Waals surface area contributed by atoms with E-state index < -0.39 is 11.6 Å². The van der Waals surface area contributed by atoms with Crippen LogP contribution < -0.4 is 0 Å². The number of rotatable bonds is 3. The van der Waals surface area contributed by atoms with E-state index in [0.29, 0.717) is 0 Å². The van der Waals surface area contributed by atoms with Gasteiger partial charge in [0.15, 0.2) is 0 Å². The molecule has 0 unspecified atom stereocenters. The molecule has 0 aliphatic rings. The van der Waals surface area contributed by atoms with Gasteiger partial charge in [0.05, 0.1) is 11.5 Å². The van der Waals surface area contributed by atoms with E-state index in [1.165, 1.54) is 0 Å². The molecule has 0 aromatic heterocycles. The molecule has 0 saturated carbocycles. The number of halogens is 3. The molecule has 2 rings (SSSR count). The highest BCUT2D eigenvalue weighted by Crippen LogP contribution is 2.35. The van der Waals surface area contributed by atoms with Crippen molar-refractivity contribution in [1.29, 1.82) is 0 Å². The largest absolute Gasteiger partial charge is 0.392 e. The van der Waals surface area contributed by atoms with E-state index in [1.54, 1.807) is 18.2 Å². The van der Waals surface area contributed by atoms with Gasteiger partial charge in [0, 0.05) is 9.37 Å². The third-order valence-corrected chi connectivity index (χ3v) is 4.32. The molecule has 1 N–H and O–H groups in total. The van der Waals surface area contributed by atoms with Crippen molar-refractivity contribution in [2.75, 3.05) is 0 Å². The second-order valence-electron chi connectivity index (χ2n) is 3.60. The molecule has 0 heterocycles. The van der Waals surface area contributed by atoms with Gasteiger partial charge in [-0.25, -0.2) is 8.78 Å². The van der Waals surface area contributed by atoms with Crippen LogP contribution in [0.5, 0.6) is 0 Å². The van der Waals surface area contributed by atoms with Crippen molar-refractivity contribution in [2.45, 2.75) is 16.4 Å². The molecule has 0 bridgehead atoms. The summed E-state index contributed by atoms with van der Waals surface area (Å²) in [6.45, 7) is -0.0577. The minimum Gasteiger partial charge on any atom is -0.392 e. The Balaban J connectivity index is 2.31. The van der Waals surface area contributed by atoms with Crippen LogP contribution in [0.4, 0.5) is 8.78 Å². The topological polar surface area (TPSA) is 20.2 Å². The fourth-order valence-corrected chi connectivity index (χ4v) is 2.93. The third-order valence-electron chi connectivity index (χ3n) is 2.29. The van der Waals surface area contributed by atoms with E-state index >= 15 is 0 Å². The van der Waals surface area contributed by atoms with E-state index in [-0.39, 0.29) is 11.5 Å². The van der Waals surface area contributed by atoms with Crippen LogP contribution in [0.25, 0.3) is 0 Å². The van der Waals surface area contributed by atoms with Gasteiger partial charge in [-0.1, -0.05) is 17.8 Å². The molecule has 0 aliphatic heterocycles. The average molecular weight is 331 g/mol. The van der Waals surface area contributed by atoms with Gasteiger partial charge >= 0.3 is 0 Å². The summed E-state index contributed by atoms with van der Waals surface area (Å²) in [5.41, 5.74) is 0.755. The number of hydrogen-bond donors (Lipinski definition) is 1. The van der Waals surface area contributed by atoms with Crippen LogP contribution in [0.2, 0.25) is 0 Å². The lowest BCUT2D eigenvalue weighted by Gasteiger charge is -2.07. The molecular weight excluding hydrogens is 322 g/mol. The molecule has 1 nitrogen and oxygen atoms in total. The minimum atomic E-state index is -0.470. The second kappa shape index (κ2) is 5.82. The van der Waals surface area contributed by atoms with Gasteiger partial charge in [0.1, 0.15) is 11.6 Å².